The predicted octanol–water partition coefficient (Wildman–Crippen LogP) is 3.94. The molecule has 0 aliphatic carbocycles. The maximum atomic E-state index is 8.82. The lowest BCUT2D eigenvalue weighted by atomic mass is 10.1. The van der Waals surface area contributed by atoms with Crippen LogP contribution in [0.25, 0.3) is 10.8 Å². The average Bonchev–Trinajstić information content (AvgIpc) is 2.33. The molecule has 0 saturated carbocycles. The minimum Gasteiger partial charge on any atom is -0.476 e. The molecule has 16 heavy (non-hydrogen) atoms. The second-order valence-electron chi connectivity index (χ2n) is 3.18. The number of fused-ring (bicyclic) bond motifs is 1. The summed E-state index contributed by atoms with van der Waals surface area (Å²) in [5, 5.41) is 11.1. The number of ether oxygens (including phenoxy) is 1. The SMILES string of the molecule is N#Cc1ccc2ccc(OCCl)c(Cl)c2c1. The van der Waals surface area contributed by atoms with Crippen LogP contribution in [0.4, 0.5) is 0 Å². The minimum absolute atomic E-state index is 0.0448. The molecule has 0 atom stereocenters. The Bertz CT molecular complexity index is 575. The largest absolute Gasteiger partial charge is 0.476 e. The number of hydrogen-bond donors (Lipinski definition) is 0. The Morgan fingerprint density at radius 1 is 1.25 bits per heavy atom. The van der Waals surface area contributed by atoms with Crippen molar-refractivity contribution in [2.45, 2.75) is 0 Å². The lowest BCUT2D eigenvalue weighted by molar-refractivity contribution is 0.389. The van der Waals surface area contributed by atoms with Crippen molar-refractivity contribution in [1.29, 1.82) is 5.26 Å². The number of alkyl halides is 1. The molecule has 4 heteroatoms. The summed E-state index contributed by atoms with van der Waals surface area (Å²) in [6.45, 7) is 0. The molecule has 0 saturated heterocycles. The first kappa shape index (κ1) is 11.1. The second kappa shape index (κ2) is 4.61. The highest BCUT2D eigenvalue weighted by Gasteiger charge is 2.07. The topological polar surface area (TPSA) is 33.0 Å². The molecule has 0 radical (unpaired) electrons. The van der Waals surface area contributed by atoms with Gasteiger partial charge >= 0.3 is 0 Å². The summed E-state index contributed by atoms with van der Waals surface area (Å²) in [6, 6.07) is 11.1. The molecule has 0 N–H and O–H groups in total. The molecule has 0 unspecified atom stereocenters. The molecule has 2 nitrogen and oxygen atoms in total. The van der Waals surface area contributed by atoms with Crippen LogP contribution in [-0.4, -0.2) is 6.07 Å². The summed E-state index contributed by atoms with van der Waals surface area (Å²) in [7, 11) is 0. The zero-order chi connectivity index (χ0) is 11.5. The molecule has 0 aromatic heterocycles. The molecular formula is C12H7Cl2NO. The van der Waals surface area contributed by atoms with Crippen LogP contribution in [0.2, 0.25) is 5.02 Å². The van der Waals surface area contributed by atoms with E-state index in [1.54, 1.807) is 18.2 Å². The van der Waals surface area contributed by atoms with E-state index in [0.717, 1.165) is 10.8 Å². The Balaban J connectivity index is 2.67. The fraction of sp³-hybridized carbons (Fsp3) is 0.0833. The Morgan fingerprint density at radius 2 is 2.00 bits per heavy atom. The van der Waals surface area contributed by atoms with Gasteiger partial charge in [0.05, 0.1) is 16.7 Å². The predicted molar refractivity (Wildman–Crippen MR) is 65.0 cm³/mol. The summed E-state index contributed by atoms with van der Waals surface area (Å²) in [6.07, 6.45) is 0. The van der Waals surface area contributed by atoms with Gasteiger partial charge in [0.15, 0.2) is 6.07 Å². The number of halogens is 2. The Morgan fingerprint density at radius 3 is 2.69 bits per heavy atom. The highest BCUT2D eigenvalue weighted by Crippen LogP contribution is 2.33. The van der Waals surface area contributed by atoms with E-state index in [0.29, 0.717) is 16.3 Å². The van der Waals surface area contributed by atoms with Crippen LogP contribution in [0, 0.1) is 11.3 Å². The van der Waals surface area contributed by atoms with Gasteiger partial charge in [0.2, 0.25) is 0 Å². The fourth-order valence-electron chi connectivity index (χ4n) is 1.50. The van der Waals surface area contributed by atoms with Crippen molar-refractivity contribution >= 4 is 34.0 Å². The van der Waals surface area contributed by atoms with E-state index < -0.39 is 0 Å². The van der Waals surface area contributed by atoms with E-state index in [-0.39, 0.29) is 6.07 Å². The minimum atomic E-state index is 0.0448. The Hall–Kier alpha value is -1.43. The molecule has 0 bridgehead atoms. The summed E-state index contributed by atoms with van der Waals surface area (Å²) in [5.74, 6) is 0.527. The summed E-state index contributed by atoms with van der Waals surface area (Å²) in [4.78, 5) is 0. The van der Waals surface area contributed by atoms with Crippen molar-refractivity contribution in [2.24, 2.45) is 0 Å². The van der Waals surface area contributed by atoms with Crippen molar-refractivity contribution in [2.75, 3.05) is 6.07 Å². The van der Waals surface area contributed by atoms with E-state index in [1.807, 2.05) is 12.1 Å². The molecule has 0 aliphatic heterocycles. The van der Waals surface area contributed by atoms with Gasteiger partial charge in [-0.05, 0) is 23.6 Å². The summed E-state index contributed by atoms with van der Waals surface area (Å²) in [5.41, 5.74) is 0.567. The van der Waals surface area contributed by atoms with Crippen molar-refractivity contribution in [3.8, 4) is 11.8 Å². The smallest absolute Gasteiger partial charge is 0.162 e. The monoisotopic (exact) mass is 251 g/mol. The van der Waals surface area contributed by atoms with E-state index in [9.17, 15) is 0 Å². The van der Waals surface area contributed by atoms with Crippen molar-refractivity contribution in [1.82, 2.24) is 0 Å². The Labute approximate surface area is 103 Å². The van der Waals surface area contributed by atoms with E-state index in [1.165, 1.54) is 0 Å². The van der Waals surface area contributed by atoms with Crippen LogP contribution in [-0.2, 0) is 0 Å². The number of nitrogens with zero attached hydrogens (tertiary/aromatic N) is 1. The average molecular weight is 252 g/mol. The number of benzene rings is 2. The molecule has 0 amide bonds. The molecule has 2 aromatic rings. The first-order valence-corrected chi connectivity index (χ1v) is 5.48. The van der Waals surface area contributed by atoms with Crippen LogP contribution in [0.3, 0.4) is 0 Å². The lowest BCUT2D eigenvalue weighted by Gasteiger charge is -2.07. The number of hydrogen-bond acceptors (Lipinski definition) is 2. The summed E-state index contributed by atoms with van der Waals surface area (Å²) >= 11 is 11.6. The molecule has 0 heterocycles. The maximum absolute atomic E-state index is 8.82. The zero-order valence-electron chi connectivity index (χ0n) is 8.21. The molecule has 2 aromatic carbocycles. The van der Waals surface area contributed by atoms with Crippen LogP contribution in [0.1, 0.15) is 5.56 Å². The van der Waals surface area contributed by atoms with Gasteiger partial charge < -0.3 is 4.74 Å². The molecule has 0 aliphatic rings. The third kappa shape index (κ3) is 1.92. The van der Waals surface area contributed by atoms with Gasteiger partial charge in [-0.1, -0.05) is 35.3 Å². The third-order valence-electron chi connectivity index (χ3n) is 2.26. The lowest BCUT2D eigenvalue weighted by Crippen LogP contribution is -1.90. The van der Waals surface area contributed by atoms with Gasteiger partial charge in [0.1, 0.15) is 5.75 Å². The maximum Gasteiger partial charge on any atom is 0.162 e. The highest BCUT2D eigenvalue weighted by molar-refractivity contribution is 6.37. The Kier molecular flexibility index (Phi) is 3.19. The molecule has 80 valence electrons. The van der Waals surface area contributed by atoms with Crippen molar-refractivity contribution in [3.63, 3.8) is 0 Å². The number of rotatable bonds is 2. The normalized spacial score (nSPS) is 10.1. The first-order chi connectivity index (χ1) is 7.76. The van der Waals surface area contributed by atoms with Crippen molar-refractivity contribution < 1.29 is 4.74 Å². The van der Waals surface area contributed by atoms with Crippen LogP contribution in [0.15, 0.2) is 30.3 Å². The zero-order valence-corrected chi connectivity index (χ0v) is 9.72. The fourth-order valence-corrected chi connectivity index (χ4v) is 1.90. The van der Waals surface area contributed by atoms with Gasteiger partial charge in [0.25, 0.3) is 0 Å². The van der Waals surface area contributed by atoms with Crippen LogP contribution < -0.4 is 4.74 Å². The molecule has 2 rings (SSSR count). The van der Waals surface area contributed by atoms with Gasteiger partial charge in [-0.25, -0.2) is 0 Å². The quantitative estimate of drug-likeness (QED) is 0.758. The van der Waals surface area contributed by atoms with Gasteiger partial charge in [-0.15, -0.1) is 0 Å². The van der Waals surface area contributed by atoms with Gasteiger partial charge in [0, 0.05) is 5.39 Å². The van der Waals surface area contributed by atoms with Gasteiger partial charge in [-0.2, -0.15) is 5.26 Å². The molecule has 0 fully saturated rings. The molecule has 0 spiro atoms. The first-order valence-electron chi connectivity index (χ1n) is 4.57. The van der Waals surface area contributed by atoms with Crippen LogP contribution in [0.5, 0.6) is 5.75 Å². The van der Waals surface area contributed by atoms with Gasteiger partial charge in [-0.3, -0.25) is 0 Å². The second-order valence-corrected chi connectivity index (χ2v) is 3.78. The number of nitriles is 1. The van der Waals surface area contributed by atoms with Crippen LogP contribution >= 0.6 is 23.2 Å². The van der Waals surface area contributed by atoms with E-state index >= 15 is 0 Å². The highest BCUT2D eigenvalue weighted by atomic mass is 35.5. The molecular weight excluding hydrogens is 245 g/mol. The van der Waals surface area contributed by atoms with Crippen molar-refractivity contribution in [3.05, 3.63) is 40.9 Å². The summed E-state index contributed by atoms with van der Waals surface area (Å²) < 4.78 is 5.17. The third-order valence-corrected chi connectivity index (χ3v) is 2.76. The standard InChI is InChI=1S/C12H7Cl2NO/c13-7-16-11-4-3-9-2-1-8(6-15)5-10(9)12(11)14/h1-5H,7H2. The van der Waals surface area contributed by atoms with E-state index in [4.69, 9.17) is 33.2 Å². The van der Waals surface area contributed by atoms with E-state index in [2.05, 4.69) is 6.07 Å².